The minimum absolute atomic E-state index is 0.0420. The molecule has 0 saturated carbocycles. The molecule has 0 N–H and O–H groups in total. The molecule has 3 aromatic rings. The molecular formula is C19H15Cl3N2O3. The third-order valence-corrected chi connectivity index (χ3v) is 5.26. The Morgan fingerprint density at radius 2 is 1.67 bits per heavy atom. The first-order valence-electron chi connectivity index (χ1n) is 7.97. The molecule has 0 aliphatic rings. The van der Waals surface area contributed by atoms with E-state index in [4.69, 9.17) is 39.5 Å². The van der Waals surface area contributed by atoms with E-state index in [-0.39, 0.29) is 5.69 Å². The summed E-state index contributed by atoms with van der Waals surface area (Å²) in [6, 6.07) is 11.8. The lowest BCUT2D eigenvalue weighted by atomic mass is 10.0. The molecule has 0 aliphatic heterocycles. The Kier molecular flexibility index (Phi) is 5.77. The molecular weight excluding hydrogens is 411 g/mol. The fourth-order valence-corrected chi connectivity index (χ4v) is 3.29. The van der Waals surface area contributed by atoms with E-state index in [2.05, 4.69) is 0 Å². The summed E-state index contributed by atoms with van der Waals surface area (Å²) in [4.78, 5) is 11.6. The van der Waals surface area contributed by atoms with Crippen LogP contribution in [-0.4, -0.2) is 16.6 Å². The maximum Gasteiger partial charge on any atom is 0.302 e. The van der Waals surface area contributed by atoms with Crippen molar-refractivity contribution in [3.63, 3.8) is 0 Å². The van der Waals surface area contributed by atoms with E-state index in [0.717, 1.165) is 0 Å². The third kappa shape index (κ3) is 3.82. The highest BCUT2D eigenvalue weighted by Crippen LogP contribution is 2.43. The van der Waals surface area contributed by atoms with Crippen molar-refractivity contribution in [1.29, 1.82) is 0 Å². The van der Waals surface area contributed by atoms with E-state index in [1.54, 1.807) is 60.3 Å². The van der Waals surface area contributed by atoms with Crippen molar-refractivity contribution in [2.45, 2.75) is 13.2 Å². The number of nitro groups is 1. The van der Waals surface area contributed by atoms with E-state index in [1.165, 1.54) is 0 Å². The van der Waals surface area contributed by atoms with Gasteiger partial charge >= 0.3 is 5.69 Å². The summed E-state index contributed by atoms with van der Waals surface area (Å²) in [5.41, 5.74) is 2.05. The minimum Gasteiger partial charge on any atom is -0.362 e. The average Bonchev–Trinajstić information content (AvgIpc) is 3.04. The molecule has 0 radical (unpaired) electrons. The van der Waals surface area contributed by atoms with Crippen LogP contribution in [0.5, 0.6) is 0 Å². The van der Waals surface area contributed by atoms with Crippen molar-refractivity contribution < 1.29 is 9.66 Å². The van der Waals surface area contributed by atoms with Crippen molar-refractivity contribution in [2.24, 2.45) is 0 Å². The monoisotopic (exact) mass is 424 g/mol. The molecule has 8 heteroatoms. The minimum atomic E-state index is -0.425. The lowest BCUT2D eigenvalue weighted by Gasteiger charge is -2.15. The Bertz CT molecular complexity index is 1000. The summed E-state index contributed by atoms with van der Waals surface area (Å²) in [5, 5.41) is 13.2. The molecule has 27 heavy (non-hydrogen) atoms. The predicted molar refractivity (Wildman–Crippen MR) is 109 cm³/mol. The predicted octanol–water partition coefficient (Wildman–Crippen LogP) is 6.86. The summed E-state index contributed by atoms with van der Waals surface area (Å²) < 4.78 is 7.14. The van der Waals surface area contributed by atoms with Crippen LogP contribution >= 0.6 is 34.8 Å². The van der Waals surface area contributed by atoms with Gasteiger partial charge in [0.05, 0.1) is 20.5 Å². The fraction of sp³-hybridized carbons (Fsp3) is 0.158. The number of hydrogen-bond donors (Lipinski definition) is 0. The van der Waals surface area contributed by atoms with Crippen LogP contribution in [0.15, 0.2) is 48.7 Å². The van der Waals surface area contributed by atoms with E-state index >= 15 is 0 Å². The molecule has 2 aromatic carbocycles. The van der Waals surface area contributed by atoms with Gasteiger partial charge in [0.1, 0.15) is 11.9 Å². The van der Waals surface area contributed by atoms with Crippen LogP contribution in [0.3, 0.4) is 0 Å². The van der Waals surface area contributed by atoms with Gasteiger partial charge in [0, 0.05) is 23.9 Å². The SMILES string of the molecule is COC(C)n1cc(-c2ccc(Cl)c(Cl)c2)c([N+](=O)[O-])c1-c1ccc(Cl)cc1. The number of ether oxygens (including phenoxy) is 1. The molecule has 0 saturated heterocycles. The summed E-state index contributed by atoms with van der Waals surface area (Å²) in [5.74, 6) is 0. The maximum absolute atomic E-state index is 12.0. The van der Waals surface area contributed by atoms with Crippen LogP contribution in [0, 0.1) is 10.1 Å². The van der Waals surface area contributed by atoms with Crippen molar-refractivity contribution in [2.75, 3.05) is 7.11 Å². The third-order valence-electron chi connectivity index (χ3n) is 4.27. The summed E-state index contributed by atoms with van der Waals surface area (Å²) in [6.07, 6.45) is 1.27. The first kappa shape index (κ1) is 19.7. The highest BCUT2D eigenvalue weighted by molar-refractivity contribution is 6.42. The van der Waals surface area contributed by atoms with Gasteiger partial charge in [0.2, 0.25) is 0 Å². The van der Waals surface area contributed by atoms with Crippen LogP contribution in [0.1, 0.15) is 13.2 Å². The van der Waals surface area contributed by atoms with Crippen LogP contribution in [0.4, 0.5) is 5.69 Å². The Hall–Kier alpha value is -2.05. The Balaban J connectivity index is 2.33. The highest BCUT2D eigenvalue weighted by Gasteiger charge is 2.29. The second-order valence-corrected chi connectivity index (χ2v) is 7.13. The molecule has 3 rings (SSSR count). The largest absolute Gasteiger partial charge is 0.362 e. The average molecular weight is 426 g/mol. The smallest absolute Gasteiger partial charge is 0.302 e. The lowest BCUT2D eigenvalue weighted by molar-refractivity contribution is -0.383. The van der Waals surface area contributed by atoms with Crippen LogP contribution in [0.2, 0.25) is 15.1 Å². The molecule has 1 atom stereocenters. The van der Waals surface area contributed by atoms with Gasteiger partial charge in [-0.25, -0.2) is 0 Å². The highest BCUT2D eigenvalue weighted by atomic mass is 35.5. The second kappa shape index (κ2) is 7.90. The molecule has 140 valence electrons. The number of hydrogen-bond acceptors (Lipinski definition) is 3. The Morgan fingerprint density at radius 3 is 2.22 bits per heavy atom. The number of halogens is 3. The van der Waals surface area contributed by atoms with Gasteiger partial charge in [0.25, 0.3) is 0 Å². The van der Waals surface area contributed by atoms with Gasteiger partial charge in [-0.2, -0.15) is 0 Å². The molecule has 0 fully saturated rings. The van der Waals surface area contributed by atoms with E-state index < -0.39 is 11.2 Å². The first-order chi connectivity index (χ1) is 12.8. The molecule has 1 heterocycles. The van der Waals surface area contributed by atoms with Gasteiger partial charge < -0.3 is 9.30 Å². The number of aromatic nitrogens is 1. The normalized spacial score (nSPS) is 12.2. The van der Waals surface area contributed by atoms with Crippen molar-refractivity contribution in [3.05, 3.63) is 73.8 Å². The molecule has 0 spiro atoms. The van der Waals surface area contributed by atoms with Crippen molar-refractivity contribution in [3.8, 4) is 22.4 Å². The first-order valence-corrected chi connectivity index (χ1v) is 9.10. The zero-order chi connectivity index (χ0) is 19.7. The van der Waals surface area contributed by atoms with Crippen LogP contribution in [0.25, 0.3) is 22.4 Å². The zero-order valence-electron chi connectivity index (χ0n) is 14.4. The molecule has 0 aliphatic carbocycles. The number of benzene rings is 2. The molecule has 1 aromatic heterocycles. The topological polar surface area (TPSA) is 57.3 Å². The summed E-state index contributed by atoms with van der Waals surface area (Å²) in [7, 11) is 1.54. The molecule has 0 amide bonds. The van der Waals surface area contributed by atoms with Gasteiger partial charge in [-0.05, 0) is 36.8 Å². The van der Waals surface area contributed by atoms with Gasteiger partial charge in [-0.1, -0.05) is 53.0 Å². The second-order valence-electron chi connectivity index (χ2n) is 5.88. The maximum atomic E-state index is 12.0. The Labute approximate surface area is 171 Å². The van der Waals surface area contributed by atoms with Gasteiger partial charge in [-0.15, -0.1) is 0 Å². The van der Waals surface area contributed by atoms with Crippen LogP contribution in [-0.2, 0) is 4.74 Å². The van der Waals surface area contributed by atoms with Crippen molar-refractivity contribution in [1.82, 2.24) is 4.57 Å². The molecule has 1 unspecified atom stereocenters. The summed E-state index contributed by atoms with van der Waals surface area (Å²) >= 11 is 18.1. The zero-order valence-corrected chi connectivity index (χ0v) is 16.7. The van der Waals surface area contributed by atoms with E-state index in [9.17, 15) is 10.1 Å². The molecule has 5 nitrogen and oxygen atoms in total. The quantitative estimate of drug-likeness (QED) is 0.331. The molecule has 0 bridgehead atoms. The van der Waals surface area contributed by atoms with Gasteiger partial charge in [0.15, 0.2) is 0 Å². The Morgan fingerprint density at radius 1 is 1.04 bits per heavy atom. The fourth-order valence-electron chi connectivity index (χ4n) is 2.87. The standard InChI is InChI=1S/C19H15Cl3N2O3/c1-11(27-2)23-10-15(13-5-8-16(21)17(22)9-13)19(24(25)26)18(23)12-3-6-14(20)7-4-12/h3-11H,1-2H3. The number of methoxy groups -OCH3 is 1. The van der Waals surface area contributed by atoms with Crippen molar-refractivity contribution >= 4 is 40.5 Å². The lowest BCUT2D eigenvalue weighted by Crippen LogP contribution is -2.07. The van der Waals surface area contributed by atoms with Crippen LogP contribution < -0.4 is 0 Å². The number of rotatable bonds is 5. The van der Waals surface area contributed by atoms with Gasteiger partial charge in [-0.3, -0.25) is 10.1 Å². The van der Waals surface area contributed by atoms with E-state index in [0.29, 0.717) is 37.5 Å². The number of nitrogens with zero attached hydrogens (tertiary/aromatic N) is 2. The van der Waals surface area contributed by atoms with E-state index in [1.807, 2.05) is 6.92 Å². The summed E-state index contributed by atoms with van der Waals surface area (Å²) in [6.45, 7) is 1.81.